The maximum Gasteiger partial charge on any atom is 0.223 e. The summed E-state index contributed by atoms with van der Waals surface area (Å²) in [5.41, 5.74) is 5.95. The third kappa shape index (κ3) is 3.69. The molecule has 1 amide bonds. The van der Waals surface area contributed by atoms with Crippen molar-refractivity contribution in [3.8, 4) is 0 Å². The number of nitrogens with zero attached hydrogens (tertiary/aromatic N) is 2. The summed E-state index contributed by atoms with van der Waals surface area (Å²) < 4.78 is 0. The molecular weight excluding hydrogens is 226 g/mol. The Morgan fingerprint density at radius 2 is 2.00 bits per heavy atom. The summed E-state index contributed by atoms with van der Waals surface area (Å²) in [5, 5.41) is 0. The minimum absolute atomic E-state index is 0.113. The van der Waals surface area contributed by atoms with Gasteiger partial charge in [0.2, 0.25) is 5.91 Å². The molecule has 1 atom stereocenters. The first kappa shape index (κ1) is 15.4. The van der Waals surface area contributed by atoms with Gasteiger partial charge in [0.1, 0.15) is 0 Å². The molecule has 1 rings (SSSR count). The van der Waals surface area contributed by atoms with Gasteiger partial charge in [0.05, 0.1) is 0 Å². The van der Waals surface area contributed by atoms with Crippen LogP contribution in [0.25, 0.3) is 0 Å². The van der Waals surface area contributed by atoms with Gasteiger partial charge in [-0.15, -0.1) is 0 Å². The van der Waals surface area contributed by atoms with Gasteiger partial charge in [-0.2, -0.15) is 0 Å². The SMILES string of the molecule is CCN(C(=O)CC1(CN)CCC1)C(C)CN(C)C. The van der Waals surface area contributed by atoms with E-state index in [0.717, 1.165) is 25.9 Å². The van der Waals surface area contributed by atoms with Crippen molar-refractivity contribution in [1.82, 2.24) is 9.80 Å². The molecule has 0 spiro atoms. The minimum Gasteiger partial charge on any atom is -0.339 e. The Morgan fingerprint density at radius 1 is 1.39 bits per heavy atom. The number of carbonyl (C=O) groups is 1. The van der Waals surface area contributed by atoms with Crippen LogP contribution in [0.2, 0.25) is 0 Å². The molecule has 0 heterocycles. The number of carbonyl (C=O) groups excluding carboxylic acids is 1. The molecule has 2 N–H and O–H groups in total. The second-order valence-corrected chi connectivity index (χ2v) is 6.03. The van der Waals surface area contributed by atoms with Gasteiger partial charge >= 0.3 is 0 Å². The fourth-order valence-electron chi connectivity index (χ4n) is 2.91. The van der Waals surface area contributed by atoms with Gasteiger partial charge in [0.15, 0.2) is 0 Å². The molecule has 0 saturated heterocycles. The van der Waals surface area contributed by atoms with Crippen molar-refractivity contribution < 1.29 is 4.79 Å². The number of hydrogen-bond donors (Lipinski definition) is 1. The molecule has 0 radical (unpaired) electrons. The highest BCUT2D eigenvalue weighted by atomic mass is 16.2. The molecule has 18 heavy (non-hydrogen) atoms. The zero-order chi connectivity index (χ0) is 13.8. The van der Waals surface area contributed by atoms with E-state index in [1.165, 1.54) is 6.42 Å². The Bertz CT molecular complexity index is 269. The number of nitrogens with two attached hydrogens (primary N) is 1. The lowest BCUT2D eigenvalue weighted by molar-refractivity contribution is -0.137. The maximum absolute atomic E-state index is 12.4. The molecule has 0 aliphatic heterocycles. The molecule has 4 heteroatoms. The Hall–Kier alpha value is -0.610. The molecule has 0 aromatic carbocycles. The number of hydrogen-bond acceptors (Lipinski definition) is 3. The van der Waals surface area contributed by atoms with Crippen molar-refractivity contribution in [3.05, 3.63) is 0 Å². The van der Waals surface area contributed by atoms with Gasteiger partial charge < -0.3 is 15.5 Å². The van der Waals surface area contributed by atoms with Crippen LogP contribution >= 0.6 is 0 Å². The normalized spacial score (nSPS) is 19.4. The molecule has 0 bridgehead atoms. The third-order valence-corrected chi connectivity index (χ3v) is 4.20. The zero-order valence-electron chi connectivity index (χ0n) is 12.4. The summed E-state index contributed by atoms with van der Waals surface area (Å²) in [6, 6.07) is 0.271. The molecule has 1 aliphatic carbocycles. The average molecular weight is 255 g/mol. The van der Waals surface area contributed by atoms with E-state index in [2.05, 4.69) is 18.7 Å². The lowest BCUT2D eigenvalue weighted by Gasteiger charge is -2.42. The fraction of sp³-hybridized carbons (Fsp3) is 0.929. The molecule has 1 fully saturated rings. The van der Waals surface area contributed by atoms with Crippen molar-refractivity contribution in [2.75, 3.05) is 33.7 Å². The Balaban J connectivity index is 2.56. The molecule has 1 unspecified atom stereocenters. The van der Waals surface area contributed by atoms with Gasteiger partial charge in [-0.05, 0) is 52.7 Å². The maximum atomic E-state index is 12.4. The summed E-state index contributed by atoms with van der Waals surface area (Å²) in [4.78, 5) is 16.5. The van der Waals surface area contributed by atoms with Crippen LogP contribution in [-0.2, 0) is 4.79 Å². The van der Waals surface area contributed by atoms with Gasteiger partial charge in [-0.25, -0.2) is 0 Å². The standard InChI is InChI=1S/C14H29N3O/c1-5-17(12(2)10-16(3)4)13(18)9-14(11-15)7-6-8-14/h12H,5-11,15H2,1-4H3. The van der Waals surface area contributed by atoms with Crippen molar-refractivity contribution >= 4 is 5.91 Å². The zero-order valence-corrected chi connectivity index (χ0v) is 12.4. The van der Waals surface area contributed by atoms with E-state index in [1.807, 2.05) is 19.0 Å². The summed E-state index contributed by atoms with van der Waals surface area (Å²) in [7, 11) is 4.09. The minimum atomic E-state index is 0.113. The highest BCUT2D eigenvalue weighted by molar-refractivity contribution is 5.77. The first-order chi connectivity index (χ1) is 8.44. The summed E-state index contributed by atoms with van der Waals surface area (Å²) in [6.45, 7) is 6.53. The van der Waals surface area contributed by atoms with E-state index in [1.54, 1.807) is 0 Å². The summed E-state index contributed by atoms with van der Waals surface area (Å²) in [6.07, 6.45) is 4.10. The van der Waals surface area contributed by atoms with E-state index in [4.69, 9.17) is 5.73 Å². The fourth-order valence-corrected chi connectivity index (χ4v) is 2.91. The molecule has 1 aliphatic rings. The van der Waals surface area contributed by atoms with Gasteiger partial charge in [0, 0.05) is 25.6 Å². The van der Waals surface area contributed by atoms with Crippen LogP contribution in [0.3, 0.4) is 0 Å². The highest BCUT2D eigenvalue weighted by Crippen LogP contribution is 2.43. The van der Waals surface area contributed by atoms with Crippen LogP contribution < -0.4 is 5.73 Å². The van der Waals surface area contributed by atoms with Gasteiger partial charge in [0.25, 0.3) is 0 Å². The average Bonchev–Trinajstić information content (AvgIpc) is 2.23. The van der Waals surface area contributed by atoms with Crippen LogP contribution in [0, 0.1) is 5.41 Å². The van der Waals surface area contributed by atoms with Gasteiger partial charge in [-0.1, -0.05) is 6.42 Å². The van der Waals surface area contributed by atoms with Crippen molar-refractivity contribution in [2.45, 2.75) is 45.6 Å². The van der Waals surface area contributed by atoms with E-state index in [-0.39, 0.29) is 17.4 Å². The summed E-state index contributed by atoms with van der Waals surface area (Å²) >= 11 is 0. The molecule has 106 valence electrons. The predicted octanol–water partition coefficient (Wildman–Crippen LogP) is 1.30. The first-order valence-electron chi connectivity index (χ1n) is 7.08. The first-order valence-corrected chi connectivity index (χ1v) is 7.08. The van der Waals surface area contributed by atoms with Crippen molar-refractivity contribution in [2.24, 2.45) is 11.1 Å². The molecule has 4 nitrogen and oxygen atoms in total. The second kappa shape index (κ2) is 6.53. The highest BCUT2D eigenvalue weighted by Gasteiger charge is 2.38. The van der Waals surface area contributed by atoms with Crippen LogP contribution in [0.4, 0.5) is 0 Å². The number of likely N-dealkylation sites (N-methyl/N-ethyl adjacent to an activating group) is 2. The Kier molecular flexibility index (Phi) is 5.60. The number of amides is 1. The van der Waals surface area contributed by atoms with Crippen LogP contribution in [0.15, 0.2) is 0 Å². The molecule has 0 aromatic heterocycles. The largest absolute Gasteiger partial charge is 0.339 e. The third-order valence-electron chi connectivity index (χ3n) is 4.20. The molecule has 1 saturated carbocycles. The van der Waals surface area contributed by atoms with E-state index < -0.39 is 0 Å². The smallest absolute Gasteiger partial charge is 0.223 e. The quantitative estimate of drug-likeness (QED) is 0.746. The predicted molar refractivity (Wildman–Crippen MR) is 75.4 cm³/mol. The van der Waals surface area contributed by atoms with Crippen molar-refractivity contribution in [3.63, 3.8) is 0 Å². The summed E-state index contributed by atoms with van der Waals surface area (Å²) in [5.74, 6) is 0.275. The van der Waals surface area contributed by atoms with E-state index >= 15 is 0 Å². The number of rotatable bonds is 7. The van der Waals surface area contributed by atoms with Crippen LogP contribution in [-0.4, -0.2) is 55.5 Å². The monoisotopic (exact) mass is 255 g/mol. The lowest BCUT2D eigenvalue weighted by atomic mass is 9.66. The van der Waals surface area contributed by atoms with Crippen LogP contribution in [0.1, 0.15) is 39.5 Å². The lowest BCUT2D eigenvalue weighted by Crippen LogP contribution is -2.48. The van der Waals surface area contributed by atoms with Gasteiger partial charge in [-0.3, -0.25) is 4.79 Å². The molecular formula is C14H29N3O. The van der Waals surface area contributed by atoms with Crippen LogP contribution in [0.5, 0.6) is 0 Å². The van der Waals surface area contributed by atoms with Crippen molar-refractivity contribution in [1.29, 1.82) is 0 Å². The van der Waals surface area contributed by atoms with E-state index in [9.17, 15) is 4.79 Å². The molecule has 0 aromatic rings. The van der Waals surface area contributed by atoms with E-state index in [0.29, 0.717) is 13.0 Å². The second-order valence-electron chi connectivity index (χ2n) is 6.03. The topological polar surface area (TPSA) is 49.6 Å². The Labute approximate surface area is 111 Å². The Morgan fingerprint density at radius 3 is 2.33 bits per heavy atom.